The summed E-state index contributed by atoms with van der Waals surface area (Å²) in [5.41, 5.74) is 1.20. The maximum absolute atomic E-state index is 12.0. The fourth-order valence-corrected chi connectivity index (χ4v) is 2.13. The molecule has 0 radical (unpaired) electrons. The van der Waals surface area contributed by atoms with E-state index in [1.54, 1.807) is 24.3 Å². The summed E-state index contributed by atoms with van der Waals surface area (Å²) in [6, 6.07) is 17.8. The van der Waals surface area contributed by atoms with Gasteiger partial charge in [0.2, 0.25) is 11.6 Å². The van der Waals surface area contributed by atoms with E-state index in [0.717, 1.165) is 5.56 Å². The van der Waals surface area contributed by atoms with E-state index in [4.69, 9.17) is 0 Å². The molecule has 0 heterocycles. The van der Waals surface area contributed by atoms with Crippen molar-refractivity contribution in [3.05, 3.63) is 71.8 Å². The van der Waals surface area contributed by atoms with Crippen molar-refractivity contribution in [2.24, 2.45) is 0 Å². The van der Waals surface area contributed by atoms with Crippen LogP contribution in [0.5, 0.6) is 0 Å². The first-order chi connectivity index (χ1) is 8.70. The number of carbonyl (C=O) groups is 2. The van der Waals surface area contributed by atoms with Gasteiger partial charge in [-0.3, -0.25) is 9.59 Å². The molecule has 0 aliphatic carbocycles. The Bertz CT molecular complexity index is 549. The van der Waals surface area contributed by atoms with Gasteiger partial charge >= 0.3 is 0 Å². The first kappa shape index (κ1) is 12.7. The number of benzene rings is 2. The monoisotopic (exact) mass is 302 g/mol. The Labute approximate surface area is 114 Å². The predicted octanol–water partition coefficient (Wildman–Crippen LogP) is 3.57. The van der Waals surface area contributed by atoms with Crippen LogP contribution in [0.15, 0.2) is 60.7 Å². The predicted molar refractivity (Wildman–Crippen MR) is 73.9 cm³/mol. The molecular weight excluding hydrogens is 292 g/mol. The maximum Gasteiger partial charge on any atom is 0.230 e. The average molecular weight is 303 g/mol. The van der Waals surface area contributed by atoms with Crippen molar-refractivity contribution in [3.63, 3.8) is 0 Å². The molecule has 18 heavy (non-hydrogen) atoms. The third-order valence-corrected chi connectivity index (χ3v) is 3.53. The van der Waals surface area contributed by atoms with Crippen molar-refractivity contribution in [1.29, 1.82) is 0 Å². The molecule has 0 aromatic heterocycles. The van der Waals surface area contributed by atoms with Gasteiger partial charge in [-0.05, 0) is 5.56 Å². The Hall–Kier alpha value is -1.74. The molecule has 2 rings (SSSR count). The zero-order valence-corrected chi connectivity index (χ0v) is 11.1. The van der Waals surface area contributed by atoms with E-state index < -0.39 is 16.4 Å². The second-order valence-corrected chi connectivity index (χ2v) is 4.75. The number of alkyl halides is 1. The van der Waals surface area contributed by atoms with Crippen molar-refractivity contribution in [2.75, 3.05) is 0 Å². The number of hydrogen-bond acceptors (Lipinski definition) is 2. The van der Waals surface area contributed by atoms with Crippen LogP contribution < -0.4 is 0 Å². The van der Waals surface area contributed by atoms with Gasteiger partial charge in [0.15, 0.2) is 0 Å². The highest BCUT2D eigenvalue weighted by atomic mass is 79.9. The van der Waals surface area contributed by atoms with E-state index in [2.05, 4.69) is 15.9 Å². The highest BCUT2D eigenvalue weighted by molar-refractivity contribution is 9.09. The largest absolute Gasteiger partial charge is 0.289 e. The number of rotatable bonds is 4. The molecule has 0 bridgehead atoms. The van der Waals surface area contributed by atoms with Gasteiger partial charge in [-0.1, -0.05) is 76.6 Å². The SMILES string of the molecule is O=C(C(=O)C(Br)c1ccccc1)c1ccccc1. The Kier molecular flexibility index (Phi) is 4.05. The molecule has 2 aromatic carbocycles. The minimum Gasteiger partial charge on any atom is -0.289 e. The van der Waals surface area contributed by atoms with E-state index in [-0.39, 0.29) is 0 Å². The standard InChI is InChI=1S/C15H11BrO2/c16-13(11-7-3-1-4-8-11)15(18)14(17)12-9-5-2-6-10-12/h1-10,13H. The van der Waals surface area contributed by atoms with Crippen molar-refractivity contribution < 1.29 is 9.59 Å². The van der Waals surface area contributed by atoms with Crippen molar-refractivity contribution >= 4 is 27.5 Å². The van der Waals surface area contributed by atoms with E-state index in [9.17, 15) is 9.59 Å². The first-order valence-electron chi connectivity index (χ1n) is 5.53. The van der Waals surface area contributed by atoms with Crippen LogP contribution in [0.3, 0.4) is 0 Å². The van der Waals surface area contributed by atoms with Gasteiger partial charge in [0.1, 0.15) is 4.83 Å². The van der Waals surface area contributed by atoms with Crippen molar-refractivity contribution in [3.8, 4) is 0 Å². The quantitative estimate of drug-likeness (QED) is 0.491. The van der Waals surface area contributed by atoms with Crippen LogP contribution in [0.4, 0.5) is 0 Å². The molecule has 0 fully saturated rings. The highest BCUT2D eigenvalue weighted by Gasteiger charge is 2.24. The molecule has 0 aliphatic heterocycles. The lowest BCUT2D eigenvalue weighted by Gasteiger charge is -2.08. The minimum absolute atomic E-state index is 0.419. The van der Waals surface area contributed by atoms with Crippen LogP contribution in [-0.2, 0) is 4.79 Å². The number of halogens is 1. The summed E-state index contributed by atoms with van der Waals surface area (Å²) < 4.78 is 0. The molecule has 1 atom stereocenters. The fourth-order valence-electron chi connectivity index (χ4n) is 1.62. The lowest BCUT2D eigenvalue weighted by atomic mass is 10.0. The molecule has 0 N–H and O–H groups in total. The molecule has 0 saturated heterocycles. The molecule has 0 aliphatic rings. The number of carbonyl (C=O) groups excluding carboxylic acids is 2. The summed E-state index contributed by atoms with van der Waals surface area (Å²) in [5.74, 6) is -0.922. The molecule has 0 spiro atoms. The average Bonchev–Trinajstić information content (AvgIpc) is 2.47. The highest BCUT2D eigenvalue weighted by Crippen LogP contribution is 2.24. The third-order valence-electron chi connectivity index (χ3n) is 2.58. The summed E-state index contributed by atoms with van der Waals surface area (Å²) >= 11 is 3.28. The number of ketones is 2. The van der Waals surface area contributed by atoms with Gasteiger partial charge < -0.3 is 0 Å². The second-order valence-electron chi connectivity index (χ2n) is 3.83. The lowest BCUT2D eigenvalue weighted by Crippen LogP contribution is -2.18. The van der Waals surface area contributed by atoms with Crippen LogP contribution in [0, 0.1) is 0 Å². The fraction of sp³-hybridized carbons (Fsp3) is 0.0667. The zero-order chi connectivity index (χ0) is 13.0. The topological polar surface area (TPSA) is 34.1 Å². The zero-order valence-electron chi connectivity index (χ0n) is 9.55. The van der Waals surface area contributed by atoms with Crippen LogP contribution in [0.25, 0.3) is 0 Å². The summed E-state index contributed by atoms with van der Waals surface area (Å²) in [5, 5.41) is 0. The number of hydrogen-bond donors (Lipinski definition) is 0. The normalized spacial score (nSPS) is 11.8. The number of Topliss-reactive ketones (excluding diaryl/α,β-unsaturated/α-hetero) is 2. The van der Waals surface area contributed by atoms with E-state index in [0.29, 0.717) is 5.56 Å². The molecular formula is C15H11BrO2. The summed E-state index contributed by atoms with van der Waals surface area (Å²) in [6.07, 6.45) is 0. The summed E-state index contributed by atoms with van der Waals surface area (Å²) in [6.45, 7) is 0. The maximum atomic E-state index is 12.0. The molecule has 3 heteroatoms. The lowest BCUT2D eigenvalue weighted by molar-refractivity contribution is -0.114. The van der Waals surface area contributed by atoms with Crippen LogP contribution >= 0.6 is 15.9 Å². The first-order valence-corrected chi connectivity index (χ1v) is 6.44. The molecule has 0 amide bonds. The Morgan fingerprint density at radius 3 is 1.89 bits per heavy atom. The minimum atomic E-state index is -0.591. The molecule has 2 nitrogen and oxygen atoms in total. The Morgan fingerprint density at radius 1 is 0.833 bits per heavy atom. The van der Waals surface area contributed by atoms with Gasteiger partial charge in [0.05, 0.1) is 0 Å². The molecule has 0 saturated carbocycles. The smallest absolute Gasteiger partial charge is 0.230 e. The molecule has 90 valence electrons. The van der Waals surface area contributed by atoms with Gasteiger partial charge in [-0.25, -0.2) is 0 Å². The van der Waals surface area contributed by atoms with Crippen molar-refractivity contribution in [1.82, 2.24) is 0 Å². The van der Waals surface area contributed by atoms with Crippen LogP contribution in [0.2, 0.25) is 0 Å². The summed E-state index contributed by atoms with van der Waals surface area (Å²) in [7, 11) is 0. The Balaban J connectivity index is 2.20. The van der Waals surface area contributed by atoms with E-state index >= 15 is 0 Å². The van der Waals surface area contributed by atoms with Crippen LogP contribution in [0.1, 0.15) is 20.7 Å². The van der Waals surface area contributed by atoms with E-state index in [1.807, 2.05) is 36.4 Å². The summed E-state index contributed by atoms with van der Waals surface area (Å²) in [4.78, 5) is 23.4. The van der Waals surface area contributed by atoms with Gasteiger partial charge in [0, 0.05) is 5.56 Å². The molecule has 2 aromatic rings. The van der Waals surface area contributed by atoms with Gasteiger partial charge in [0.25, 0.3) is 0 Å². The Morgan fingerprint density at radius 2 is 1.33 bits per heavy atom. The van der Waals surface area contributed by atoms with Gasteiger partial charge in [-0.15, -0.1) is 0 Å². The van der Waals surface area contributed by atoms with Gasteiger partial charge in [-0.2, -0.15) is 0 Å². The molecule has 1 unspecified atom stereocenters. The second kappa shape index (κ2) is 5.74. The van der Waals surface area contributed by atoms with Crippen molar-refractivity contribution in [2.45, 2.75) is 4.83 Å². The van der Waals surface area contributed by atoms with E-state index in [1.165, 1.54) is 0 Å². The third kappa shape index (κ3) is 2.74. The van der Waals surface area contributed by atoms with Crippen LogP contribution in [-0.4, -0.2) is 11.6 Å².